The number of nitrogen functional groups attached to an aromatic ring is 1. The maximum atomic E-state index is 13.6. The first kappa shape index (κ1) is 22.8. The van der Waals surface area contributed by atoms with Gasteiger partial charge in [-0.2, -0.15) is 5.10 Å². The van der Waals surface area contributed by atoms with Gasteiger partial charge in [0.25, 0.3) is 0 Å². The van der Waals surface area contributed by atoms with Crippen LogP contribution in [-0.2, 0) is 11.2 Å². The Morgan fingerprint density at radius 1 is 1.03 bits per heavy atom. The number of ether oxygens (including phenoxy) is 1. The molecule has 7 heteroatoms. The topological polar surface area (TPSA) is 56.3 Å². The van der Waals surface area contributed by atoms with E-state index in [-0.39, 0.29) is 18.1 Å². The summed E-state index contributed by atoms with van der Waals surface area (Å²) in [6, 6.07) is 22.5. The molecule has 0 amide bonds. The molecule has 4 aromatic rings. The van der Waals surface area contributed by atoms with E-state index >= 15 is 0 Å². The average molecular weight is 521 g/mol. The fraction of sp³-hybridized carbons (Fsp3) is 0.222. The van der Waals surface area contributed by atoms with Crippen LogP contribution in [0.5, 0.6) is 0 Å². The van der Waals surface area contributed by atoms with E-state index in [2.05, 4.69) is 39.9 Å². The Morgan fingerprint density at radius 2 is 1.74 bits per heavy atom. The van der Waals surface area contributed by atoms with Crippen molar-refractivity contribution in [3.8, 4) is 16.8 Å². The van der Waals surface area contributed by atoms with Gasteiger partial charge in [0.1, 0.15) is 11.5 Å². The highest BCUT2D eigenvalue weighted by atomic mass is 79.9. The Morgan fingerprint density at radius 3 is 2.44 bits per heavy atom. The molecule has 2 N–H and O–H groups in total. The van der Waals surface area contributed by atoms with E-state index in [4.69, 9.17) is 15.6 Å². The van der Waals surface area contributed by atoms with Gasteiger partial charge in [-0.3, -0.25) is 4.90 Å². The second kappa shape index (κ2) is 9.70. The summed E-state index contributed by atoms with van der Waals surface area (Å²) >= 11 is 3.49. The van der Waals surface area contributed by atoms with Crippen LogP contribution < -0.4 is 5.73 Å². The molecule has 1 aromatic heterocycles. The minimum atomic E-state index is -0.291. The lowest BCUT2D eigenvalue weighted by Gasteiger charge is -2.22. The smallest absolute Gasteiger partial charge is 0.156 e. The van der Waals surface area contributed by atoms with E-state index in [0.29, 0.717) is 0 Å². The maximum Gasteiger partial charge on any atom is 0.156 e. The van der Waals surface area contributed by atoms with E-state index in [1.165, 1.54) is 17.7 Å². The molecule has 5 nitrogen and oxygen atoms in total. The van der Waals surface area contributed by atoms with Crippen molar-refractivity contribution >= 4 is 21.6 Å². The number of benzene rings is 3. The van der Waals surface area contributed by atoms with Crippen molar-refractivity contribution in [1.29, 1.82) is 0 Å². The van der Waals surface area contributed by atoms with Crippen LogP contribution in [0.15, 0.2) is 83.5 Å². The molecule has 1 saturated heterocycles. The maximum absolute atomic E-state index is 13.6. The molecule has 0 aliphatic carbocycles. The van der Waals surface area contributed by atoms with Gasteiger partial charge in [0.2, 0.25) is 0 Å². The van der Waals surface area contributed by atoms with Gasteiger partial charge in [0.15, 0.2) is 6.23 Å². The molecule has 2 heterocycles. The summed E-state index contributed by atoms with van der Waals surface area (Å²) in [5.74, 6) is -0.263. The molecule has 1 fully saturated rings. The summed E-state index contributed by atoms with van der Waals surface area (Å²) in [7, 11) is 0. The van der Waals surface area contributed by atoms with Crippen molar-refractivity contribution in [2.45, 2.75) is 25.7 Å². The van der Waals surface area contributed by atoms with Crippen LogP contribution in [0.3, 0.4) is 0 Å². The minimum absolute atomic E-state index is 0.0790. The van der Waals surface area contributed by atoms with Crippen molar-refractivity contribution in [3.63, 3.8) is 0 Å². The van der Waals surface area contributed by atoms with Gasteiger partial charge in [0.05, 0.1) is 11.8 Å². The summed E-state index contributed by atoms with van der Waals surface area (Å²) in [5, 5.41) is 4.97. The first-order valence-electron chi connectivity index (χ1n) is 11.3. The standard InChI is InChI=1S/C27H26BrFN4O/c1-18-16-32(15-14-19-2-10-23(30)11-3-19)27(34-18)26-25(20-4-8-22(29)9-5-20)17-33(31-26)24-12-6-21(28)7-13-24/h2-13,17-18,27H,14-16,30H2,1H3/t18-,27-/m1/s1. The van der Waals surface area contributed by atoms with Gasteiger partial charge >= 0.3 is 0 Å². The van der Waals surface area contributed by atoms with Crippen molar-refractivity contribution in [3.05, 3.63) is 101 Å². The predicted molar refractivity (Wildman–Crippen MR) is 136 cm³/mol. The Balaban J connectivity index is 1.49. The van der Waals surface area contributed by atoms with Crippen LogP contribution in [-0.4, -0.2) is 33.9 Å². The number of nitrogens with zero attached hydrogens (tertiary/aromatic N) is 3. The quantitative estimate of drug-likeness (QED) is 0.317. The molecular weight excluding hydrogens is 495 g/mol. The molecule has 3 aromatic carbocycles. The van der Waals surface area contributed by atoms with E-state index in [0.717, 1.165) is 52.2 Å². The van der Waals surface area contributed by atoms with Gasteiger partial charge in [-0.1, -0.05) is 40.2 Å². The molecule has 34 heavy (non-hydrogen) atoms. The Kier molecular flexibility index (Phi) is 6.50. The monoisotopic (exact) mass is 520 g/mol. The fourth-order valence-electron chi connectivity index (χ4n) is 4.33. The van der Waals surface area contributed by atoms with E-state index < -0.39 is 0 Å². The molecule has 174 valence electrons. The Bertz CT molecular complexity index is 1260. The molecular formula is C27H26BrFN4O. The summed E-state index contributed by atoms with van der Waals surface area (Å²) in [6.45, 7) is 3.72. The van der Waals surface area contributed by atoms with Gasteiger partial charge in [-0.05, 0) is 73.0 Å². The van der Waals surface area contributed by atoms with Crippen LogP contribution in [0.4, 0.5) is 10.1 Å². The first-order chi connectivity index (χ1) is 16.5. The SMILES string of the molecule is C[C@@H]1CN(CCc2ccc(N)cc2)[C@@H](c2nn(-c3ccc(Br)cc3)cc2-c2ccc(F)cc2)O1. The summed E-state index contributed by atoms with van der Waals surface area (Å²) in [5.41, 5.74) is 11.4. The molecule has 5 rings (SSSR count). The molecule has 0 radical (unpaired) electrons. The summed E-state index contributed by atoms with van der Waals surface area (Å²) in [4.78, 5) is 2.32. The zero-order valence-electron chi connectivity index (χ0n) is 18.9. The average Bonchev–Trinajstić information content (AvgIpc) is 3.43. The third kappa shape index (κ3) is 4.92. The molecule has 2 atom stereocenters. The highest BCUT2D eigenvalue weighted by Crippen LogP contribution is 2.36. The Labute approximate surface area is 207 Å². The van der Waals surface area contributed by atoms with Gasteiger partial charge in [-0.15, -0.1) is 0 Å². The highest BCUT2D eigenvalue weighted by Gasteiger charge is 2.35. The summed E-state index contributed by atoms with van der Waals surface area (Å²) in [6.07, 6.45) is 2.67. The zero-order chi connectivity index (χ0) is 23.7. The van der Waals surface area contributed by atoms with Crippen LogP contribution in [0.25, 0.3) is 16.8 Å². The van der Waals surface area contributed by atoms with Crippen molar-refractivity contribution in [2.24, 2.45) is 0 Å². The molecule has 0 spiro atoms. The molecule has 0 unspecified atom stereocenters. The van der Waals surface area contributed by atoms with Gasteiger partial charge < -0.3 is 10.5 Å². The predicted octanol–water partition coefficient (Wildman–Crippen LogP) is 5.99. The molecule has 0 bridgehead atoms. The second-order valence-electron chi connectivity index (χ2n) is 8.64. The Hall–Kier alpha value is -3.00. The second-order valence-corrected chi connectivity index (χ2v) is 9.56. The molecule has 1 aliphatic rings. The van der Waals surface area contributed by atoms with E-state index in [1.807, 2.05) is 47.3 Å². The van der Waals surface area contributed by atoms with Crippen LogP contribution >= 0.6 is 15.9 Å². The number of aromatic nitrogens is 2. The first-order valence-corrected chi connectivity index (χ1v) is 12.1. The molecule has 0 saturated carbocycles. The summed E-state index contributed by atoms with van der Waals surface area (Å²) < 4.78 is 22.9. The minimum Gasteiger partial charge on any atom is -0.399 e. The lowest BCUT2D eigenvalue weighted by molar-refractivity contribution is 0.00200. The van der Waals surface area contributed by atoms with Crippen LogP contribution in [0.1, 0.15) is 24.4 Å². The normalized spacial score (nSPS) is 18.4. The highest BCUT2D eigenvalue weighted by molar-refractivity contribution is 9.10. The largest absolute Gasteiger partial charge is 0.399 e. The molecule has 1 aliphatic heterocycles. The third-order valence-electron chi connectivity index (χ3n) is 6.07. The van der Waals surface area contributed by atoms with Crippen molar-refractivity contribution in [2.75, 3.05) is 18.8 Å². The number of halogens is 2. The lowest BCUT2D eigenvalue weighted by Crippen LogP contribution is -2.27. The number of anilines is 1. The van der Waals surface area contributed by atoms with Crippen molar-refractivity contribution in [1.82, 2.24) is 14.7 Å². The lowest BCUT2D eigenvalue weighted by atomic mass is 10.1. The number of nitrogens with two attached hydrogens (primary N) is 1. The van der Waals surface area contributed by atoms with Crippen LogP contribution in [0, 0.1) is 5.82 Å². The fourth-order valence-corrected chi connectivity index (χ4v) is 4.59. The number of hydrogen-bond acceptors (Lipinski definition) is 4. The van der Waals surface area contributed by atoms with E-state index in [1.54, 1.807) is 12.1 Å². The van der Waals surface area contributed by atoms with Crippen molar-refractivity contribution < 1.29 is 9.13 Å². The van der Waals surface area contributed by atoms with E-state index in [9.17, 15) is 4.39 Å². The van der Waals surface area contributed by atoms with Crippen LogP contribution in [0.2, 0.25) is 0 Å². The van der Waals surface area contributed by atoms with Gasteiger partial charge in [0, 0.05) is 35.0 Å². The number of hydrogen-bond donors (Lipinski definition) is 1. The van der Waals surface area contributed by atoms with Gasteiger partial charge in [-0.25, -0.2) is 9.07 Å². The number of rotatable bonds is 6. The zero-order valence-corrected chi connectivity index (χ0v) is 20.5. The third-order valence-corrected chi connectivity index (χ3v) is 6.60.